The van der Waals surface area contributed by atoms with Gasteiger partial charge in [-0.1, -0.05) is 67.8 Å². The Kier molecular flexibility index (Phi) is 7.47. The Morgan fingerprint density at radius 3 is 2.18 bits per heavy atom. The summed E-state index contributed by atoms with van der Waals surface area (Å²) >= 11 is 0. The molecule has 2 amide bonds. The lowest BCUT2D eigenvalue weighted by Gasteiger charge is -2.26. The van der Waals surface area contributed by atoms with Crippen molar-refractivity contribution in [1.29, 1.82) is 0 Å². The van der Waals surface area contributed by atoms with Crippen molar-refractivity contribution in [1.82, 2.24) is 10.6 Å². The minimum atomic E-state index is -1.37. The van der Waals surface area contributed by atoms with Gasteiger partial charge in [-0.25, -0.2) is 9.59 Å². The molecule has 1 saturated carbocycles. The number of aliphatic hydroxyl groups excluding tert-OH is 1. The van der Waals surface area contributed by atoms with E-state index in [0.29, 0.717) is 12.8 Å². The number of nitrogens with one attached hydrogen (secondary N) is 2. The molecule has 4 rings (SSSR count). The molecule has 180 valence electrons. The molecule has 4 N–H and O–H groups in total. The molecule has 0 spiro atoms. The van der Waals surface area contributed by atoms with Crippen LogP contribution in [0, 0.1) is 5.92 Å². The highest BCUT2D eigenvalue weighted by Gasteiger charge is 2.34. The Morgan fingerprint density at radius 1 is 0.941 bits per heavy atom. The van der Waals surface area contributed by atoms with Crippen molar-refractivity contribution in [3.63, 3.8) is 0 Å². The number of benzene rings is 2. The van der Waals surface area contributed by atoms with Crippen molar-refractivity contribution >= 4 is 18.0 Å². The zero-order valence-corrected chi connectivity index (χ0v) is 18.9. The minimum absolute atomic E-state index is 0.0627. The molecule has 0 radical (unpaired) electrons. The van der Waals surface area contributed by atoms with E-state index in [1.54, 1.807) is 0 Å². The van der Waals surface area contributed by atoms with Gasteiger partial charge in [0.2, 0.25) is 5.91 Å². The maximum absolute atomic E-state index is 12.8. The summed E-state index contributed by atoms with van der Waals surface area (Å²) in [5.74, 6) is -2.43. The van der Waals surface area contributed by atoms with Crippen LogP contribution in [0.15, 0.2) is 48.5 Å². The Hall–Kier alpha value is -3.39. The number of fused-ring (bicyclic) bond motifs is 3. The summed E-state index contributed by atoms with van der Waals surface area (Å²) in [6.45, 7) is -0.521. The fourth-order valence-corrected chi connectivity index (χ4v) is 5.05. The second-order valence-electron chi connectivity index (χ2n) is 8.90. The molecule has 2 aliphatic rings. The van der Waals surface area contributed by atoms with E-state index >= 15 is 0 Å². The van der Waals surface area contributed by atoms with E-state index < -0.39 is 42.6 Å². The number of hydrogen-bond acceptors (Lipinski definition) is 5. The van der Waals surface area contributed by atoms with Gasteiger partial charge in [0.15, 0.2) is 0 Å². The van der Waals surface area contributed by atoms with Gasteiger partial charge in [-0.05, 0) is 35.1 Å². The fraction of sp³-hybridized carbons (Fsp3) is 0.423. The molecule has 8 nitrogen and oxygen atoms in total. The van der Waals surface area contributed by atoms with Gasteiger partial charge in [0.25, 0.3) is 0 Å². The maximum Gasteiger partial charge on any atom is 0.407 e. The van der Waals surface area contributed by atoms with Crippen LogP contribution in [0.3, 0.4) is 0 Å². The average Bonchev–Trinajstić information content (AvgIpc) is 2.97. The van der Waals surface area contributed by atoms with E-state index in [2.05, 4.69) is 22.8 Å². The minimum Gasteiger partial charge on any atom is -0.480 e. The third kappa shape index (κ3) is 5.07. The first kappa shape index (κ1) is 23.8. The zero-order chi connectivity index (χ0) is 24.1. The Balaban J connectivity index is 1.41. The summed E-state index contributed by atoms with van der Waals surface area (Å²) in [7, 11) is 0. The normalized spacial score (nSPS) is 20.4. The predicted octanol–water partition coefficient (Wildman–Crippen LogP) is 3.04. The standard InChI is InChI=1S/C26H30N2O6/c29-14-23(25(31)32)27-24(30)20-12-2-1-3-13-22(20)28-26(33)34-15-21-18-10-6-4-8-16(18)17-9-5-7-11-19(17)21/h4-11,20-23,29H,1-3,12-15H2,(H,27,30)(H,28,33)(H,31,32)/t20-,22+,23+/m1/s1. The highest BCUT2D eigenvalue weighted by Crippen LogP contribution is 2.44. The van der Waals surface area contributed by atoms with E-state index in [4.69, 9.17) is 9.84 Å². The van der Waals surface area contributed by atoms with Crippen molar-refractivity contribution in [2.75, 3.05) is 13.2 Å². The number of amides is 2. The lowest BCUT2D eigenvalue weighted by Crippen LogP contribution is -2.51. The number of carbonyl (C=O) groups is 3. The van der Waals surface area contributed by atoms with Gasteiger partial charge >= 0.3 is 12.1 Å². The van der Waals surface area contributed by atoms with Gasteiger partial charge in [0, 0.05) is 12.0 Å². The van der Waals surface area contributed by atoms with Crippen LogP contribution in [0.5, 0.6) is 0 Å². The topological polar surface area (TPSA) is 125 Å². The summed E-state index contributed by atoms with van der Waals surface area (Å²) in [4.78, 5) is 36.7. The summed E-state index contributed by atoms with van der Waals surface area (Å²) in [6, 6.07) is 14.3. The van der Waals surface area contributed by atoms with Gasteiger partial charge in [-0.15, -0.1) is 0 Å². The Morgan fingerprint density at radius 2 is 1.56 bits per heavy atom. The molecule has 0 unspecified atom stereocenters. The monoisotopic (exact) mass is 466 g/mol. The lowest BCUT2D eigenvalue weighted by atomic mass is 9.93. The quantitative estimate of drug-likeness (QED) is 0.465. The van der Waals surface area contributed by atoms with Crippen molar-refractivity contribution in [3.05, 3.63) is 59.7 Å². The second-order valence-corrected chi connectivity index (χ2v) is 8.90. The molecule has 2 aromatic rings. The largest absolute Gasteiger partial charge is 0.480 e. The first-order valence-corrected chi connectivity index (χ1v) is 11.7. The molecule has 2 aliphatic carbocycles. The third-order valence-electron chi connectivity index (χ3n) is 6.80. The van der Waals surface area contributed by atoms with Crippen LogP contribution in [0.25, 0.3) is 11.1 Å². The second kappa shape index (κ2) is 10.7. The molecule has 2 aromatic carbocycles. The SMILES string of the molecule is O=C(N[C@H]1CCCCC[C@H]1C(=O)N[C@@H](CO)C(=O)O)OCC1c2ccccc2-c2ccccc21. The van der Waals surface area contributed by atoms with Crippen molar-refractivity contribution in [3.8, 4) is 11.1 Å². The van der Waals surface area contributed by atoms with E-state index in [-0.39, 0.29) is 12.5 Å². The number of carbonyl (C=O) groups excluding carboxylic acids is 2. The smallest absolute Gasteiger partial charge is 0.407 e. The molecule has 1 fully saturated rings. The number of aliphatic carboxylic acids is 1. The Labute approximate surface area is 198 Å². The number of ether oxygens (including phenoxy) is 1. The van der Waals surface area contributed by atoms with Gasteiger partial charge in [0.05, 0.1) is 12.5 Å². The molecule has 0 saturated heterocycles. The molecule has 0 aromatic heterocycles. The van der Waals surface area contributed by atoms with E-state index in [1.807, 2.05) is 36.4 Å². The molecule has 0 heterocycles. The number of hydrogen-bond donors (Lipinski definition) is 4. The van der Waals surface area contributed by atoms with Crippen molar-refractivity contribution in [2.45, 2.75) is 50.1 Å². The van der Waals surface area contributed by atoms with Gasteiger partial charge in [-0.2, -0.15) is 0 Å². The summed E-state index contributed by atoms with van der Waals surface area (Å²) in [5, 5.41) is 23.6. The predicted molar refractivity (Wildman–Crippen MR) is 125 cm³/mol. The van der Waals surface area contributed by atoms with Crippen LogP contribution in [-0.2, 0) is 14.3 Å². The molecular weight excluding hydrogens is 436 g/mol. The fourth-order valence-electron chi connectivity index (χ4n) is 5.05. The summed E-state index contributed by atoms with van der Waals surface area (Å²) in [6.07, 6.45) is 3.10. The number of rotatable bonds is 7. The van der Waals surface area contributed by atoms with Crippen LogP contribution in [0.1, 0.15) is 49.1 Å². The highest BCUT2D eigenvalue weighted by atomic mass is 16.5. The Bertz CT molecular complexity index is 1010. The van der Waals surface area contributed by atoms with Crippen LogP contribution >= 0.6 is 0 Å². The van der Waals surface area contributed by atoms with E-state index in [9.17, 15) is 19.5 Å². The van der Waals surface area contributed by atoms with Gasteiger partial charge in [0.1, 0.15) is 12.6 Å². The van der Waals surface area contributed by atoms with Crippen LogP contribution < -0.4 is 10.6 Å². The van der Waals surface area contributed by atoms with Crippen LogP contribution in [0.4, 0.5) is 4.79 Å². The molecule has 34 heavy (non-hydrogen) atoms. The molecular formula is C26H30N2O6. The molecule has 0 bridgehead atoms. The van der Waals surface area contributed by atoms with Crippen molar-refractivity contribution < 1.29 is 29.3 Å². The lowest BCUT2D eigenvalue weighted by molar-refractivity contribution is -0.143. The van der Waals surface area contributed by atoms with Crippen LogP contribution in [-0.4, -0.2) is 53.5 Å². The van der Waals surface area contributed by atoms with E-state index in [0.717, 1.165) is 41.5 Å². The summed E-state index contributed by atoms with van der Waals surface area (Å²) < 4.78 is 5.64. The first-order valence-electron chi connectivity index (χ1n) is 11.7. The van der Waals surface area contributed by atoms with Crippen LogP contribution in [0.2, 0.25) is 0 Å². The van der Waals surface area contributed by atoms with Gasteiger partial charge < -0.3 is 25.6 Å². The molecule has 3 atom stereocenters. The van der Waals surface area contributed by atoms with Gasteiger partial charge in [-0.3, -0.25) is 4.79 Å². The molecule has 8 heteroatoms. The summed E-state index contributed by atoms with van der Waals surface area (Å²) in [5.41, 5.74) is 4.52. The maximum atomic E-state index is 12.8. The number of alkyl carbamates (subject to hydrolysis) is 1. The van der Waals surface area contributed by atoms with Crippen molar-refractivity contribution in [2.24, 2.45) is 5.92 Å². The highest BCUT2D eigenvalue weighted by molar-refractivity contribution is 5.86. The zero-order valence-electron chi connectivity index (χ0n) is 18.9. The third-order valence-corrected chi connectivity index (χ3v) is 6.80. The number of aliphatic hydroxyl groups is 1. The number of carboxylic acids is 1. The van der Waals surface area contributed by atoms with E-state index in [1.165, 1.54) is 0 Å². The number of carboxylic acid groups (broad SMARTS) is 1. The first-order chi connectivity index (χ1) is 16.5. The average molecular weight is 467 g/mol. The molecule has 0 aliphatic heterocycles.